The molecule has 2 heterocycles. The highest BCUT2D eigenvalue weighted by Gasteiger charge is 2.19. The number of rotatable bonds is 10. The van der Waals surface area contributed by atoms with Crippen LogP contribution < -0.4 is 10.6 Å². The number of guanidine groups is 1. The van der Waals surface area contributed by atoms with E-state index in [4.69, 9.17) is 4.74 Å². The topological polar surface area (TPSA) is 66.7 Å². The number of hydrogen-bond acceptors (Lipinski definition) is 4. The van der Waals surface area contributed by atoms with Crippen LogP contribution in [0.3, 0.4) is 0 Å². The maximum absolute atomic E-state index is 6.10. The van der Waals surface area contributed by atoms with Crippen molar-refractivity contribution in [2.24, 2.45) is 4.99 Å². The Morgan fingerprint density at radius 1 is 1.17 bits per heavy atom. The van der Waals surface area contributed by atoms with Gasteiger partial charge in [-0.05, 0) is 37.3 Å². The van der Waals surface area contributed by atoms with Crippen molar-refractivity contribution in [3.05, 3.63) is 53.9 Å². The molecule has 0 aliphatic carbocycles. The van der Waals surface area contributed by atoms with E-state index in [9.17, 15) is 0 Å². The minimum absolute atomic E-state index is 0.395. The minimum Gasteiger partial charge on any atom is -0.378 e. The van der Waals surface area contributed by atoms with Crippen LogP contribution in [0.5, 0.6) is 0 Å². The fraction of sp³-hybridized carbons (Fsp3) is 0.565. The van der Waals surface area contributed by atoms with E-state index in [-0.39, 0.29) is 0 Å². The number of aryl methyl sites for hydroxylation is 1. The van der Waals surface area contributed by atoms with Crippen LogP contribution in [0.15, 0.2) is 47.7 Å². The van der Waals surface area contributed by atoms with Crippen LogP contribution in [0.25, 0.3) is 0 Å². The fourth-order valence-corrected chi connectivity index (χ4v) is 3.70. The normalized spacial score (nSPS) is 16.0. The van der Waals surface area contributed by atoms with Crippen molar-refractivity contribution in [3.8, 4) is 0 Å². The first-order valence-corrected chi connectivity index (χ1v) is 11.0. The predicted octanol–water partition coefficient (Wildman–Crippen LogP) is 2.43. The molecule has 3 rings (SSSR count). The van der Waals surface area contributed by atoms with Crippen LogP contribution in [-0.2, 0) is 17.8 Å². The first kappa shape index (κ1) is 22.3. The van der Waals surface area contributed by atoms with Crippen LogP contribution in [0.1, 0.15) is 30.4 Å². The molecule has 0 bridgehead atoms. The molecule has 1 aromatic heterocycles. The first-order valence-electron chi connectivity index (χ1n) is 11.0. The summed E-state index contributed by atoms with van der Waals surface area (Å²) in [6, 6.07) is 10.7. The molecule has 1 aliphatic heterocycles. The van der Waals surface area contributed by atoms with Gasteiger partial charge in [-0.1, -0.05) is 30.3 Å². The van der Waals surface area contributed by atoms with Gasteiger partial charge in [0.1, 0.15) is 0 Å². The SMILES string of the molecule is CN=C(NCCCOC1CCN(Cc2ccccc2)CC1)NCCn1cc(C)cn1. The molecular formula is C23H36N6O. The molecule has 0 amide bonds. The van der Waals surface area contributed by atoms with E-state index in [1.165, 1.54) is 11.1 Å². The third-order valence-corrected chi connectivity index (χ3v) is 5.37. The van der Waals surface area contributed by atoms with E-state index >= 15 is 0 Å². The lowest BCUT2D eigenvalue weighted by Crippen LogP contribution is -2.40. The molecule has 30 heavy (non-hydrogen) atoms. The molecule has 2 aromatic rings. The van der Waals surface area contributed by atoms with Crippen LogP contribution >= 0.6 is 0 Å². The molecule has 2 N–H and O–H groups in total. The maximum atomic E-state index is 6.10. The number of piperidine rings is 1. The van der Waals surface area contributed by atoms with Crippen molar-refractivity contribution in [1.29, 1.82) is 0 Å². The zero-order chi connectivity index (χ0) is 21.0. The highest BCUT2D eigenvalue weighted by Crippen LogP contribution is 2.16. The van der Waals surface area contributed by atoms with E-state index in [1.54, 1.807) is 7.05 Å². The van der Waals surface area contributed by atoms with Crippen LogP contribution in [-0.4, -0.2) is 66.6 Å². The lowest BCUT2D eigenvalue weighted by Gasteiger charge is -2.32. The largest absolute Gasteiger partial charge is 0.378 e. The number of nitrogens with one attached hydrogen (secondary N) is 2. The summed E-state index contributed by atoms with van der Waals surface area (Å²) in [5, 5.41) is 11.0. The van der Waals surface area contributed by atoms with Crippen molar-refractivity contribution in [1.82, 2.24) is 25.3 Å². The number of aliphatic imine (C=N–C) groups is 1. The third kappa shape index (κ3) is 7.80. The van der Waals surface area contributed by atoms with Crippen LogP contribution in [0, 0.1) is 6.92 Å². The summed E-state index contributed by atoms with van der Waals surface area (Å²) in [6.07, 6.45) is 7.53. The van der Waals surface area contributed by atoms with Crippen LogP contribution in [0.2, 0.25) is 0 Å². The Kier molecular flexibility index (Phi) is 9.18. The first-order chi connectivity index (χ1) is 14.7. The van der Waals surface area contributed by atoms with Gasteiger partial charge in [0.15, 0.2) is 5.96 Å². The molecule has 0 unspecified atom stereocenters. The molecule has 0 spiro atoms. The van der Waals surface area contributed by atoms with E-state index in [0.717, 1.165) is 71.1 Å². The summed E-state index contributed by atoms with van der Waals surface area (Å²) in [6.45, 7) is 8.58. The predicted molar refractivity (Wildman–Crippen MR) is 122 cm³/mol. The Balaban J connectivity index is 1.21. The zero-order valence-corrected chi connectivity index (χ0v) is 18.4. The van der Waals surface area contributed by atoms with Crippen molar-refractivity contribution in [3.63, 3.8) is 0 Å². The molecular weight excluding hydrogens is 376 g/mol. The lowest BCUT2D eigenvalue weighted by atomic mass is 10.1. The van der Waals surface area contributed by atoms with Crippen molar-refractivity contribution in [2.75, 3.05) is 39.8 Å². The maximum Gasteiger partial charge on any atom is 0.191 e. The molecule has 0 saturated carbocycles. The Bertz CT molecular complexity index is 752. The summed E-state index contributed by atoms with van der Waals surface area (Å²) in [5.41, 5.74) is 2.57. The van der Waals surface area contributed by atoms with Crippen molar-refractivity contribution in [2.45, 2.75) is 45.4 Å². The zero-order valence-electron chi connectivity index (χ0n) is 18.4. The van der Waals surface area contributed by atoms with Gasteiger partial charge in [0, 0.05) is 52.6 Å². The van der Waals surface area contributed by atoms with Gasteiger partial charge in [-0.3, -0.25) is 14.6 Å². The van der Waals surface area contributed by atoms with Crippen molar-refractivity contribution < 1.29 is 4.74 Å². The fourth-order valence-electron chi connectivity index (χ4n) is 3.70. The summed E-state index contributed by atoms with van der Waals surface area (Å²) < 4.78 is 8.04. The smallest absolute Gasteiger partial charge is 0.191 e. The summed E-state index contributed by atoms with van der Waals surface area (Å²) in [5.74, 6) is 0.827. The quantitative estimate of drug-likeness (QED) is 0.356. The van der Waals surface area contributed by atoms with Gasteiger partial charge >= 0.3 is 0 Å². The Morgan fingerprint density at radius 3 is 2.63 bits per heavy atom. The minimum atomic E-state index is 0.395. The molecule has 1 aliphatic rings. The van der Waals surface area contributed by atoms with Gasteiger partial charge < -0.3 is 15.4 Å². The number of hydrogen-bond donors (Lipinski definition) is 2. The van der Waals surface area contributed by atoms with Gasteiger partial charge in [0.2, 0.25) is 0 Å². The highest BCUT2D eigenvalue weighted by atomic mass is 16.5. The molecule has 0 radical (unpaired) electrons. The van der Waals surface area contributed by atoms with Gasteiger partial charge in [0.05, 0.1) is 18.8 Å². The molecule has 7 heteroatoms. The second-order valence-corrected chi connectivity index (χ2v) is 7.89. The van der Waals surface area contributed by atoms with Gasteiger partial charge in [-0.15, -0.1) is 0 Å². The summed E-state index contributed by atoms with van der Waals surface area (Å²) in [4.78, 5) is 6.80. The number of ether oxygens (including phenoxy) is 1. The lowest BCUT2D eigenvalue weighted by molar-refractivity contribution is 0.00534. The van der Waals surface area contributed by atoms with Gasteiger partial charge in [-0.25, -0.2) is 0 Å². The highest BCUT2D eigenvalue weighted by molar-refractivity contribution is 5.79. The van der Waals surface area contributed by atoms with E-state index in [1.807, 2.05) is 24.0 Å². The molecule has 1 saturated heterocycles. The number of likely N-dealkylation sites (tertiary alicyclic amines) is 1. The molecule has 164 valence electrons. The standard InChI is InChI=1S/C23H36N6O/c1-20-17-27-29(18-20)15-12-26-23(24-2)25-11-6-16-30-22-9-13-28(14-10-22)19-21-7-4-3-5-8-21/h3-5,7-8,17-18,22H,6,9-16,19H2,1-2H3,(H2,24,25,26). The van der Waals surface area contributed by atoms with Gasteiger partial charge in [0.25, 0.3) is 0 Å². The van der Waals surface area contributed by atoms with E-state index < -0.39 is 0 Å². The van der Waals surface area contributed by atoms with E-state index in [2.05, 4.69) is 56.0 Å². The molecule has 0 atom stereocenters. The second-order valence-electron chi connectivity index (χ2n) is 7.89. The van der Waals surface area contributed by atoms with Crippen LogP contribution in [0.4, 0.5) is 0 Å². The molecule has 1 aromatic carbocycles. The average Bonchev–Trinajstić information content (AvgIpc) is 3.19. The third-order valence-electron chi connectivity index (χ3n) is 5.37. The second kappa shape index (κ2) is 12.3. The van der Waals surface area contributed by atoms with E-state index in [0.29, 0.717) is 6.10 Å². The summed E-state index contributed by atoms with van der Waals surface area (Å²) >= 11 is 0. The Hall–Kier alpha value is -2.38. The Morgan fingerprint density at radius 2 is 1.93 bits per heavy atom. The number of nitrogens with zero attached hydrogens (tertiary/aromatic N) is 4. The Labute approximate surface area is 180 Å². The average molecular weight is 413 g/mol. The number of benzene rings is 1. The number of aromatic nitrogens is 2. The van der Waals surface area contributed by atoms with Crippen molar-refractivity contribution >= 4 is 5.96 Å². The summed E-state index contributed by atoms with van der Waals surface area (Å²) in [7, 11) is 1.80. The van der Waals surface area contributed by atoms with Gasteiger partial charge in [-0.2, -0.15) is 5.10 Å². The molecule has 1 fully saturated rings. The molecule has 7 nitrogen and oxygen atoms in total. The monoisotopic (exact) mass is 412 g/mol.